The number of rotatable bonds is 7. The molecule has 2 aromatic heterocycles. The monoisotopic (exact) mass is 450 g/mol. The molecule has 0 saturated carbocycles. The molecule has 166 valence electrons. The van der Waals surface area contributed by atoms with Crippen molar-refractivity contribution in [3.05, 3.63) is 99.7 Å². The number of nitrogens with one attached hydrogen (secondary N) is 1. The second-order valence-electron chi connectivity index (χ2n) is 8.14. The number of amides is 1. The summed E-state index contributed by atoms with van der Waals surface area (Å²) in [5.74, 6) is 0.0489. The molecule has 1 aliphatic rings. The Hall–Kier alpha value is -2.96. The summed E-state index contributed by atoms with van der Waals surface area (Å²) in [6.07, 6.45) is 7.02. The van der Waals surface area contributed by atoms with Crippen LogP contribution in [0.5, 0.6) is 0 Å². The molecule has 7 heteroatoms. The zero-order chi connectivity index (χ0) is 22.3. The molecule has 3 aromatic rings. The third-order valence-corrected chi connectivity index (χ3v) is 6.22. The van der Waals surface area contributed by atoms with Crippen molar-refractivity contribution in [2.75, 3.05) is 19.6 Å². The maximum Gasteiger partial charge on any atom is 0.224 e. The van der Waals surface area contributed by atoms with Crippen LogP contribution in [0, 0.1) is 5.92 Å². The molecule has 0 aliphatic carbocycles. The molecule has 4 rings (SSSR count). The summed E-state index contributed by atoms with van der Waals surface area (Å²) in [5.41, 5.74) is 1.79. The molecule has 1 aromatic carbocycles. The van der Waals surface area contributed by atoms with Crippen molar-refractivity contribution >= 4 is 17.5 Å². The van der Waals surface area contributed by atoms with Crippen molar-refractivity contribution in [1.82, 2.24) is 19.8 Å². The zero-order valence-electron chi connectivity index (χ0n) is 17.9. The van der Waals surface area contributed by atoms with Crippen LogP contribution in [0.15, 0.2) is 78.0 Å². The largest absolute Gasteiger partial charge is 0.353 e. The Kier molecular flexibility index (Phi) is 7.35. The first kappa shape index (κ1) is 22.2. The molecule has 3 heterocycles. The summed E-state index contributed by atoms with van der Waals surface area (Å²) in [7, 11) is 0. The van der Waals surface area contributed by atoms with Crippen molar-refractivity contribution in [2.24, 2.45) is 5.92 Å². The van der Waals surface area contributed by atoms with Crippen LogP contribution in [0.2, 0.25) is 5.02 Å². The highest BCUT2D eigenvalue weighted by Gasteiger charge is 2.27. The fourth-order valence-electron chi connectivity index (χ4n) is 4.06. The average molecular weight is 451 g/mol. The molecule has 1 fully saturated rings. The number of hydrogen-bond acceptors (Lipinski definition) is 4. The topological polar surface area (TPSA) is 67.2 Å². The first-order valence-corrected chi connectivity index (χ1v) is 11.3. The molecule has 32 heavy (non-hydrogen) atoms. The molecule has 1 saturated heterocycles. The number of hydrogen-bond donors (Lipinski definition) is 1. The number of aromatic nitrogens is 2. The van der Waals surface area contributed by atoms with Gasteiger partial charge in [-0.1, -0.05) is 29.8 Å². The number of carbonyl (C=O) groups is 1. The SMILES string of the molecule is O=C(NC(c1ccc(Cl)cc1)c1ccccn1)C1CCN(CCn2ccc(=O)cc2)CC1. The van der Waals surface area contributed by atoms with Crippen LogP contribution in [0.25, 0.3) is 0 Å². The van der Waals surface area contributed by atoms with Crippen molar-refractivity contribution in [3.8, 4) is 0 Å². The van der Waals surface area contributed by atoms with Crippen LogP contribution in [0.4, 0.5) is 0 Å². The van der Waals surface area contributed by atoms with Crippen LogP contribution < -0.4 is 10.7 Å². The first-order chi connectivity index (χ1) is 15.6. The van der Waals surface area contributed by atoms with Gasteiger partial charge < -0.3 is 14.8 Å². The molecule has 1 N–H and O–H groups in total. The van der Waals surface area contributed by atoms with E-state index in [1.165, 1.54) is 0 Å². The molecule has 0 spiro atoms. The quantitative estimate of drug-likeness (QED) is 0.598. The maximum absolute atomic E-state index is 13.1. The number of carbonyl (C=O) groups excluding carboxylic acids is 1. The van der Waals surface area contributed by atoms with Gasteiger partial charge >= 0.3 is 0 Å². The van der Waals surface area contributed by atoms with Gasteiger partial charge in [0, 0.05) is 54.8 Å². The third-order valence-electron chi connectivity index (χ3n) is 5.97. The van der Waals surface area contributed by atoms with Gasteiger partial charge in [0.15, 0.2) is 5.43 Å². The van der Waals surface area contributed by atoms with Crippen LogP contribution in [-0.2, 0) is 11.3 Å². The Bertz CT molecular complexity index is 1060. The fraction of sp³-hybridized carbons (Fsp3) is 0.320. The maximum atomic E-state index is 13.1. The highest BCUT2D eigenvalue weighted by Crippen LogP contribution is 2.24. The van der Waals surface area contributed by atoms with E-state index in [2.05, 4.69) is 15.2 Å². The minimum atomic E-state index is -0.306. The number of benzene rings is 1. The summed E-state index contributed by atoms with van der Waals surface area (Å²) >= 11 is 6.05. The van der Waals surface area contributed by atoms with Crippen LogP contribution in [0.3, 0.4) is 0 Å². The summed E-state index contributed by atoms with van der Waals surface area (Å²) in [6, 6.07) is 16.1. The molecular weight excluding hydrogens is 424 g/mol. The molecule has 6 nitrogen and oxygen atoms in total. The van der Waals surface area contributed by atoms with Crippen molar-refractivity contribution < 1.29 is 4.79 Å². The standard InChI is InChI=1S/C25H27ClN4O2/c26-21-6-4-19(5-7-21)24(23-3-1-2-12-27-23)28-25(32)20-8-13-29(14-9-20)17-18-30-15-10-22(31)11-16-30/h1-7,10-12,15-16,20,24H,8-9,13-14,17-18H2,(H,28,32). The normalized spacial score (nSPS) is 15.9. The van der Waals surface area contributed by atoms with Gasteiger partial charge in [-0.25, -0.2) is 0 Å². The highest BCUT2D eigenvalue weighted by atomic mass is 35.5. The van der Waals surface area contributed by atoms with E-state index in [9.17, 15) is 9.59 Å². The highest BCUT2D eigenvalue weighted by molar-refractivity contribution is 6.30. The van der Waals surface area contributed by atoms with Gasteiger partial charge in [0.25, 0.3) is 0 Å². The van der Waals surface area contributed by atoms with Crippen molar-refractivity contribution in [2.45, 2.75) is 25.4 Å². The zero-order valence-corrected chi connectivity index (χ0v) is 18.6. The predicted octanol–water partition coefficient (Wildman–Crippen LogP) is 3.51. The van der Waals surface area contributed by atoms with E-state index in [4.69, 9.17) is 11.6 Å². The summed E-state index contributed by atoms with van der Waals surface area (Å²) in [4.78, 5) is 31.2. The Morgan fingerprint density at radius 3 is 2.41 bits per heavy atom. The number of halogens is 1. The van der Waals surface area contributed by atoms with Crippen LogP contribution in [0.1, 0.15) is 30.1 Å². The van der Waals surface area contributed by atoms with E-state index in [0.717, 1.165) is 50.3 Å². The molecule has 1 aliphatic heterocycles. The third kappa shape index (κ3) is 5.84. The van der Waals surface area contributed by atoms with E-state index in [1.807, 2.05) is 59.4 Å². The molecule has 1 atom stereocenters. The van der Waals surface area contributed by atoms with Crippen LogP contribution >= 0.6 is 11.6 Å². The summed E-state index contributed by atoms with van der Waals surface area (Å²) in [6.45, 7) is 3.50. The number of nitrogens with zero attached hydrogens (tertiary/aromatic N) is 3. The van der Waals surface area contributed by atoms with Crippen molar-refractivity contribution in [1.29, 1.82) is 0 Å². The lowest BCUT2D eigenvalue weighted by atomic mass is 9.94. The minimum absolute atomic E-state index is 0.0165. The smallest absolute Gasteiger partial charge is 0.224 e. The van der Waals surface area contributed by atoms with E-state index >= 15 is 0 Å². The Labute approximate surface area is 192 Å². The lowest BCUT2D eigenvalue weighted by Gasteiger charge is -2.32. The van der Waals surface area contributed by atoms with Crippen LogP contribution in [-0.4, -0.2) is 40.0 Å². The lowest BCUT2D eigenvalue weighted by molar-refractivity contribution is -0.127. The second kappa shape index (κ2) is 10.6. The van der Waals surface area contributed by atoms with E-state index in [0.29, 0.717) is 5.02 Å². The molecule has 1 amide bonds. The number of pyridine rings is 2. The van der Waals surface area contributed by atoms with Gasteiger partial charge in [-0.3, -0.25) is 14.6 Å². The Morgan fingerprint density at radius 1 is 1.03 bits per heavy atom. The predicted molar refractivity (Wildman–Crippen MR) is 126 cm³/mol. The fourth-order valence-corrected chi connectivity index (χ4v) is 4.18. The van der Waals surface area contributed by atoms with Gasteiger partial charge in [0.05, 0.1) is 11.7 Å². The Morgan fingerprint density at radius 2 is 1.75 bits per heavy atom. The van der Waals surface area contributed by atoms with Gasteiger partial charge in [0.2, 0.25) is 5.91 Å². The number of likely N-dealkylation sites (tertiary alicyclic amines) is 1. The average Bonchev–Trinajstić information content (AvgIpc) is 2.83. The molecule has 0 radical (unpaired) electrons. The van der Waals surface area contributed by atoms with Gasteiger partial charge in [-0.15, -0.1) is 0 Å². The van der Waals surface area contributed by atoms with E-state index < -0.39 is 0 Å². The molecule has 0 bridgehead atoms. The minimum Gasteiger partial charge on any atom is -0.353 e. The molecular formula is C25H27ClN4O2. The summed E-state index contributed by atoms with van der Waals surface area (Å²) < 4.78 is 2.02. The van der Waals surface area contributed by atoms with Gasteiger partial charge in [-0.05, 0) is 55.8 Å². The first-order valence-electron chi connectivity index (χ1n) is 10.9. The van der Waals surface area contributed by atoms with Gasteiger partial charge in [-0.2, -0.15) is 0 Å². The van der Waals surface area contributed by atoms with E-state index in [1.54, 1.807) is 18.3 Å². The second-order valence-corrected chi connectivity index (χ2v) is 8.57. The van der Waals surface area contributed by atoms with Gasteiger partial charge in [0.1, 0.15) is 0 Å². The van der Waals surface area contributed by atoms with Crippen molar-refractivity contribution in [3.63, 3.8) is 0 Å². The summed E-state index contributed by atoms with van der Waals surface area (Å²) in [5, 5.41) is 3.88. The molecule has 1 unspecified atom stereocenters. The Balaban J connectivity index is 1.34. The van der Waals surface area contributed by atoms with E-state index in [-0.39, 0.29) is 23.3 Å². The lowest BCUT2D eigenvalue weighted by Crippen LogP contribution is -2.42. The number of piperidine rings is 1.